The molecule has 0 amide bonds. The van der Waals surface area contributed by atoms with E-state index in [0.29, 0.717) is 17.1 Å². The van der Waals surface area contributed by atoms with Crippen LogP contribution in [0.15, 0.2) is 23.0 Å². The maximum absolute atomic E-state index is 11.3. The van der Waals surface area contributed by atoms with Crippen molar-refractivity contribution >= 4 is 17.1 Å². The first kappa shape index (κ1) is 8.62. The molecule has 0 aliphatic carbocycles. The van der Waals surface area contributed by atoms with Gasteiger partial charge in [-0.25, -0.2) is 5.10 Å². The summed E-state index contributed by atoms with van der Waals surface area (Å²) in [6, 6.07) is 5.30. The van der Waals surface area contributed by atoms with Crippen molar-refractivity contribution in [3.8, 4) is 0 Å². The monoisotopic (exact) mass is 188 g/mol. The molecule has 70 valence electrons. The number of rotatable bonds is 1. The van der Waals surface area contributed by atoms with Gasteiger partial charge in [0.25, 0.3) is 5.56 Å². The van der Waals surface area contributed by atoms with Crippen LogP contribution in [0.1, 0.15) is 16.1 Å². The van der Waals surface area contributed by atoms with Gasteiger partial charge >= 0.3 is 0 Å². The highest BCUT2D eigenvalue weighted by atomic mass is 16.1. The highest BCUT2D eigenvalue weighted by Crippen LogP contribution is 2.13. The van der Waals surface area contributed by atoms with E-state index >= 15 is 0 Å². The summed E-state index contributed by atoms with van der Waals surface area (Å²) in [4.78, 5) is 22.0. The van der Waals surface area contributed by atoms with Gasteiger partial charge in [0.2, 0.25) is 0 Å². The van der Waals surface area contributed by atoms with Crippen LogP contribution >= 0.6 is 0 Å². The summed E-state index contributed by atoms with van der Waals surface area (Å²) in [5.41, 5.74) is 0.988. The fourth-order valence-corrected chi connectivity index (χ4v) is 1.39. The van der Waals surface area contributed by atoms with Gasteiger partial charge in [-0.2, -0.15) is 5.10 Å². The third-order valence-corrected chi connectivity index (χ3v) is 2.09. The predicted octanol–water partition coefficient (Wildman–Crippen LogP) is 1.04. The number of hydrogen-bond acceptors (Lipinski definition) is 3. The summed E-state index contributed by atoms with van der Waals surface area (Å²) in [5, 5.41) is 7.03. The molecule has 4 heteroatoms. The first-order chi connectivity index (χ1) is 6.72. The SMILES string of the molecule is Cc1ccc2c(=O)[nH]nc(C=O)c2c1. The summed E-state index contributed by atoms with van der Waals surface area (Å²) in [7, 11) is 0. The Morgan fingerprint density at radius 2 is 2.14 bits per heavy atom. The second kappa shape index (κ2) is 3.06. The number of carbonyl (C=O) groups excluding carboxylic acids is 1. The standard InChI is InChI=1S/C10H8N2O2/c1-6-2-3-7-8(4-6)9(5-13)11-12-10(7)14/h2-5H,1H3,(H,12,14). The minimum Gasteiger partial charge on any atom is -0.296 e. The second-order valence-corrected chi connectivity index (χ2v) is 3.10. The zero-order valence-electron chi connectivity index (χ0n) is 7.57. The molecule has 0 atom stereocenters. The van der Waals surface area contributed by atoms with E-state index in [9.17, 15) is 9.59 Å². The molecule has 0 fully saturated rings. The molecule has 0 bridgehead atoms. The molecular formula is C10H8N2O2. The molecule has 1 heterocycles. The highest BCUT2D eigenvalue weighted by Gasteiger charge is 2.04. The molecule has 0 saturated heterocycles. The van der Waals surface area contributed by atoms with Crippen LogP contribution in [0.3, 0.4) is 0 Å². The number of benzene rings is 1. The molecule has 0 aliphatic heterocycles. The fraction of sp³-hybridized carbons (Fsp3) is 0.100. The molecule has 4 nitrogen and oxygen atoms in total. The first-order valence-electron chi connectivity index (χ1n) is 4.16. The van der Waals surface area contributed by atoms with E-state index in [1.165, 1.54) is 0 Å². The van der Waals surface area contributed by atoms with Crippen LogP contribution in [-0.4, -0.2) is 16.5 Å². The number of carbonyl (C=O) groups is 1. The zero-order chi connectivity index (χ0) is 10.1. The third kappa shape index (κ3) is 1.21. The Labute approximate surface area is 79.6 Å². The van der Waals surface area contributed by atoms with E-state index in [1.807, 2.05) is 13.0 Å². The van der Waals surface area contributed by atoms with Gasteiger partial charge in [-0.3, -0.25) is 9.59 Å². The molecule has 0 spiro atoms. The number of H-pyrrole nitrogens is 1. The maximum Gasteiger partial charge on any atom is 0.272 e. The Balaban J connectivity index is 2.99. The van der Waals surface area contributed by atoms with Gasteiger partial charge in [0.1, 0.15) is 5.69 Å². The van der Waals surface area contributed by atoms with E-state index in [-0.39, 0.29) is 11.3 Å². The van der Waals surface area contributed by atoms with Gasteiger partial charge in [0.05, 0.1) is 5.39 Å². The molecule has 14 heavy (non-hydrogen) atoms. The zero-order valence-corrected chi connectivity index (χ0v) is 7.57. The molecule has 2 rings (SSSR count). The summed E-state index contributed by atoms with van der Waals surface area (Å²) in [5.74, 6) is 0. The normalized spacial score (nSPS) is 10.4. The van der Waals surface area contributed by atoms with Gasteiger partial charge in [-0.1, -0.05) is 11.6 Å². The average molecular weight is 188 g/mol. The Kier molecular flexibility index (Phi) is 1.89. The number of nitrogens with one attached hydrogen (secondary N) is 1. The quantitative estimate of drug-likeness (QED) is 0.680. The van der Waals surface area contributed by atoms with Crippen LogP contribution in [0.2, 0.25) is 0 Å². The van der Waals surface area contributed by atoms with Gasteiger partial charge in [-0.15, -0.1) is 0 Å². The van der Waals surface area contributed by atoms with Crippen LogP contribution in [0.5, 0.6) is 0 Å². The van der Waals surface area contributed by atoms with Gasteiger partial charge < -0.3 is 0 Å². The smallest absolute Gasteiger partial charge is 0.272 e. The van der Waals surface area contributed by atoms with E-state index < -0.39 is 0 Å². The molecule has 0 saturated carbocycles. The minimum atomic E-state index is -0.273. The number of aryl methyl sites for hydroxylation is 1. The summed E-state index contributed by atoms with van der Waals surface area (Å²) < 4.78 is 0. The largest absolute Gasteiger partial charge is 0.296 e. The minimum absolute atomic E-state index is 0.267. The molecule has 1 aromatic carbocycles. The molecule has 1 aromatic heterocycles. The van der Waals surface area contributed by atoms with Gasteiger partial charge in [-0.05, 0) is 19.1 Å². The van der Waals surface area contributed by atoms with Crippen molar-refractivity contribution in [2.24, 2.45) is 0 Å². The number of aromatic nitrogens is 2. The van der Waals surface area contributed by atoms with E-state index in [1.54, 1.807) is 12.1 Å². The number of nitrogens with zero attached hydrogens (tertiary/aromatic N) is 1. The lowest BCUT2D eigenvalue weighted by Gasteiger charge is -1.99. The number of aldehydes is 1. The summed E-state index contributed by atoms with van der Waals surface area (Å²) in [6.07, 6.45) is 0.637. The molecular weight excluding hydrogens is 180 g/mol. The van der Waals surface area contributed by atoms with Crippen molar-refractivity contribution in [3.63, 3.8) is 0 Å². The number of aromatic amines is 1. The molecule has 0 unspecified atom stereocenters. The molecule has 0 aliphatic rings. The van der Waals surface area contributed by atoms with E-state index in [2.05, 4.69) is 10.2 Å². The Bertz CT molecular complexity index is 558. The molecule has 1 N–H and O–H groups in total. The summed E-state index contributed by atoms with van der Waals surface area (Å²) in [6.45, 7) is 1.90. The Morgan fingerprint density at radius 1 is 1.36 bits per heavy atom. The average Bonchev–Trinajstić information content (AvgIpc) is 2.18. The second-order valence-electron chi connectivity index (χ2n) is 3.10. The van der Waals surface area contributed by atoms with Crippen molar-refractivity contribution in [2.75, 3.05) is 0 Å². The van der Waals surface area contributed by atoms with Crippen LogP contribution in [0.4, 0.5) is 0 Å². The fourth-order valence-electron chi connectivity index (χ4n) is 1.39. The molecule has 2 aromatic rings. The number of fused-ring (bicyclic) bond motifs is 1. The topological polar surface area (TPSA) is 62.8 Å². The Hall–Kier alpha value is -1.97. The van der Waals surface area contributed by atoms with Gasteiger partial charge in [0.15, 0.2) is 6.29 Å². The van der Waals surface area contributed by atoms with E-state index in [4.69, 9.17) is 0 Å². The first-order valence-corrected chi connectivity index (χ1v) is 4.16. The lowest BCUT2D eigenvalue weighted by atomic mass is 10.1. The van der Waals surface area contributed by atoms with Gasteiger partial charge in [0, 0.05) is 5.39 Å². The van der Waals surface area contributed by atoms with Crippen LogP contribution < -0.4 is 5.56 Å². The highest BCUT2D eigenvalue weighted by molar-refractivity contribution is 5.95. The lowest BCUT2D eigenvalue weighted by molar-refractivity contribution is 0.111. The Morgan fingerprint density at radius 3 is 2.86 bits per heavy atom. The maximum atomic E-state index is 11.3. The predicted molar refractivity (Wildman–Crippen MR) is 52.5 cm³/mol. The van der Waals surface area contributed by atoms with Crippen molar-refractivity contribution in [1.29, 1.82) is 0 Å². The van der Waals surface area contributed by atoms with Crippen molar-refractivity contribution in [3.05, 3.63) is 39.8 Å². The third-order valence-electron chi connectivity index (χ3n) is 2.09. The van der Waals surface area contributed by atoms with Crippen molar-refractivity contribution in [1.82, 2.24) is 10.2 Å². The van der Waals surface area contributed by atoms with Crippen LogP contribution in [-0.2, 0) is 0 Å². The summed E-state index contributed by atoms with van der Waals surface area (Å²) >= 11 is 0. The lowest BCUT2D eigenvalue weighted by Crippen LogP contribution is -2.10. The van der Waals surface area contributed by atoms with Crippen molar-refractivity contribution in [2.45, 2.75) is 6.92 Å². The van der Waals surface area contributed by atoms with Crippen LogP contribution in [0, 0.1) is 6.92 Å². The van der Waals surface area contributed by atoms with Crippen molar-refractivity contribution < 1.29 is 4.79 Å². The van der Waals surface area contributed by atoms with E-state index in [0.717, 1.165) is 5.56 Å². The van der Waals surface area contributed by atoms with Crippen LogP contribution in [0.25, 0.3) is 10.8 Å². The number of hydrogen-bond donors (Lipinski definition) is 1. The molecule has 0 radical (unpaired) electrons.